The molecule has 0 radical (unpaired) electrons. The van der Waals surface area contributed by atoms with Gasteiger partial charge >= 0.3 is 0 Å². The highest BCUT2D eigenvalue weighted by atomic mass is 16.5. The highest BCUT2D eigenvalue weighted by Gasteiger charge is 2.42. The Hall–Kier alpha value is -2.58. The first-order chi connectivity index (χ1) is 14.4. The first-order valence-electron chi connectivity index (χ1n) is 11.0. The molecular formula is C27H29NO. The Bertz CT molecular complexity index is 995. The van der Waals surface area contributed by atoms with Crippen molar-refractivity contribution in [2.24, 2.45) is 0 Å². The minimum Gasteiger partial charge on any atom is -0.385 e. The van der Waals surface area contributed by atoms with Crippen LogP contribution in [0.4, 0.5) is 5.69 Å². The number of fused-ring (bicyclic) bond motifs is 6. The standard InChI is InChI=1S/C27H29NO/c1-2-10-18-29-20-27(25-15-7-8-16-26(25)28-17-9-1)19-21-11-3-4-12-22(21)23-13-5-6-14-24(23)27/h3-8,11-16,28H,1-2,9-10,17-20H2. The number of hydrogen-bond donors (Lipinski definition) is 1. The Labute approximate surface area is 173 Å². The molecule has 0 aromatic heterocycles. The summed E-state index contributed by atoms with van der Waals surface area (Å²) in [7, 11) is 0. The second kappa shape index (κ2) is 8.04. The van der Waals surface area contributed by atoms with Crippen molar-refractivity contribution >= 4 is 5.69 Å². The molecule has 2 nitrogen and oxygen atoms in total. The van der Waals surface area contributed by atoms with Crippen molar-refractivity contribution < 1.29 is 4.74 Å². The Balaban J connectivity index is 1.71. The molecule has 1 aliphatic carbocycles. The lowest BCUT2D eigenvalue weighted by molar-refractivity contribution is 0.0919. The molecule has 2 heteroatoms. The van der Waals surface area contributed by atoms with E-state index < -0.39 is 0 Å². The van der Waals surface area contributed by atoms with E-state index >= 15 is 0 Å². The summed E-state index contributed by atoms with van der Waals surface area (Å²) in [4.78, 5) is 0. The third-order valence-electron chi connectivity index (χ3n) is 6.56. The summed E-state index contributed by atoms with van der Waals surface area (Å²) in [6, 6.07) is 26.7. The lowest BCUT2D eigenvalue weighted by Crippen LogP contribution is -2.39. The van der Waals surface area contributed by atoms with Crippen molar-refractivity contribution in [3.05, 3.63) is 89.5 Å². The monoisotopic (exact) mass is 383 g/mol. The van der Waals surface area contributed by atoms with Gasteiger partial charge in [-0.05, 0) is 53.1 Å². The summed E-state index contributed by atoms with van der Waals surface area (Å²) in [6.45, 7) is 2.60. The SMILES string of the molecule is c1ccc2c(c1)CC1(COCCCCCCNc3ccccc31)c1ccccc1-2. The van der Waals surface area contributed by atoms with E-state index in [-0.39, 0.29) is 5.41 Å². The van der Waals surface area contributed by atoms with Gasteiger partial charge in [0.15, 0.2) is 0 Å². The van der Waals surface area contributed by atoms with Crippen LogP contribution in [-0.4, -0.2) is 19.8 Å². The average molecular weight is 384 g/mol. The lowest BCUT2D eigenvalue weighted by Gasteiger charge is -2.41. The molecule has 148 valence electrons. The zero-order valence-electron chi connectivity index (χ0n) is 17.0. The summed E-state index contributed by atoms with van der Waals surface area (Å²) < 4.78 is 6.40. The van der Waals surface area contributed by atoms with Gasteiger partial charge in [-0.3, -0.25) is 0 Å². The van der Waals surface area contributed by atoms with Gasteiger partial charge in [0.25, 0.3) is 0 Å². The van der Waals surface area contributed by atoms with Gasteiger partial charge in [-0.25, -0.2) is 0 Å². The molecule has 1 unspecified atom stereocenters. The van der Waals surface area contributed by atoms with Gasteiger partial charge in [0.2, 0.25) is 0 Å². The van der Waals surface area contributed by atoms with Crippen molar-refractivity contribution in [2.75, 3.05) is 25.1 Å². The van der Waals surface area contributed by atoms with Crippen LogP contribution >= 0.6 is 0 Å². The Morgan fingerprint density at radius 2 is 1.41 bits per heavy atom. The smallest absolute Gasteiger partial charge is 0.0607 e. The highest BCUT2D eigenvalue weighted by molar-refractivity contribution is 5.78. The third kappa shape index (κ3) is 3.36. The van der Waals surface area contributed by atoms with Crippen LogP contribution in [0.25, 0.3) is 11.1 Å². The van der Waals surface area contributed by atoms with E-state index in [0.29, 0.717) is 0 Å². The van der Waals surface area contributed by atoms with Crippen LogP contribution in [0.2, 0.25) is 0 Å². The van der Waals surface area contributed by atoms with E-state index in [2.05, 4.69) is 78.1 Å². The van der Waals surface area contributed by atoms with Crippen molar-refractivity contribution in [1.29, 1.82) is 0 Å². The summed E-state index contributed by atoms with van der Waals surface area (Å²) in [5.41, 5.74) is 7.97. The molecule has 1 atom stereocenters. The number of anilines is 1. The molecule has 5 rings (SSSR count). The van der Waals surface area contributed by atoms with Gasteiger partial charge in [0, 0.05) is 18.8 Å². The molecule has 3 aromatic rings. The molecule has 3 aromatic carbocycles. The normalized spacial score (nSPS) is 21.7. The predicted molar refractivity (Wildman–Crippen MR) is 121 cm³/mol. The topological polar surface area (TPSA) is 21.3 Å². The summed E-state index contributed by atoms with van der Waals surface area (Å²) in [5, 5.41) is 3.75. The molecule has 29 heavy (non-hydrogen) atoms. The summed E-state index contributed by atoms with van der Waals surface area (Å²) >= 11 is 0. The van der Waals surface area contributed by atoms with Crippen LogP contribution < -0.4 is 5.32 Å². The fourth-order valence-electron chi connectivity index (χ4n) is 5.15. The molecular weight excluding hydrogens is 354 g/mol. The van der Waals surface area contributed by atoms with Gasteiger partial charge in [0.05, 0.1) is 12.0 Å². The first-order valence-corrected chi connectivity index (χ1v) is 11.0. The second-order valence-corrected chi connectivity index (χ2v) is 8.40. The number of nitrogens with one attached hydrogen (secondary N) is 1. The zero-order chi connectivity index (χ0) is 19.5. The molecule has 1 N–H and O–H groups in total. The second-order valence-electron chi connectivity index (χ2n) is 8.40. The van der Waals surface area contributed by atoms with Crippen LogP contribution in [0, 0.1) is 0 Å². The Morgan fingerprint density at radius 1 is 0.690 bits per heavy atom. The minimum absolute atomic E-state index is 0.173. The lowest BCUT2D eigenvalue weighted by atomic mass is 9.64. The largest absolute Gasteiger partial charge is 0.385 e. The first kappa shape index (κ1) is 18.4. The van der Waals surface area contributed by atoms with Crippen LogP contribution in [0.3, 0.4) is 0 Å². The molecule has 0 fully saturated rings. The molecule has 1 spiro atoms. The molecule has 1 aliphatic heterocycles. The molecule has 0 saturated carbocycles. The maximum absolute atomic E-state index is 6.40. The number of ether oxygens (including phenoxy) is 1. The van der Waals surface area contributed by atoms with Crippen LogP contribution in [0.15, 0.2) is 72.8 Å². The van der Waals surface area contributed by atoms with Crippen molar-refractivity contribution in [1.82, 2.24) is 0 Å². The van der Waals surface area contributed by atoms with Crippen LogP contribution in [0.1, 0.15) is 42.4 Å². The Kier molecular flexibility index (Phi) is 5.12. The fraction of sp³-hybridized carbons (Fsp3) is 0.333. The van der Waals surface area contributed by atoms with Crippen molar-refractivity contribution in [2.45, 2.75) is 37.5 Å². The van der Waals surface area contributed by atoms with E-state index in [1.54, 1.807) is 0 Å². The van der Waals surface area contributed by atoms with E-state index in [1.807, 2.05) is 0 Å². The number of hydrogen-bond acceptors (Lipinski definition) is 2. The minimum atomic E-state index is -0.173. The van der Waals surface area contributed by atoms with Gasteiger partial charge < -0.3 is 10.1 Å². The molecule has 0 saturated heterocycles. The highest BCUT2D eigenvalue weighted by Crippen LogP contribution is 2.49. The predicted octanol–water partition coefficient (Wildman–Crippen LogP) is 6.20. The third-order valence-corrected chi connectivity index (χ3v) is 6.56. The van der Waals surface area contributed by atoms with Gasteiger partial charge in [-0.15, -0.1) is 0 Å². The van der Waals surface area contributed by atoms with E-state index in [0.717, 1.165) is 32.6 Å². The van der Waals surface area contributed by atoms with Crippen LogP contribution in [0.5, 0.6) is 0 Å². The van der Waals surface area contributed by atoms with Gasteiger partial charge in [-0.2, -0.15) is 0 Å². The van der Waals surface area contributed by atoms with Crippen molar-refractivity contribution in [3.8, 4) is 11.1 Å². The van der Waals surface area contributed by atoms with E-state index in [1.165, 1.54) is 52.8 Å². The quantitative estimate of drug-likeness (QED) is 0.499. The van der Waals surface area contributed by atoms with E-state index in [9.17, 15) is 0 Å². The van der Waals surface area contributed by atoms with Gasteiger partial charge in [-0.1, -0.05) is 79.6 Å². The molecule has 0 amide bonds. The van der Waals surface area contributed by atoms with Crippen LogP contribution in [-0.2, 0) is 16.6 Å². The average Bonchev–Trinajstić information content (AvgIpc) is 2.77. The Morgan fingerprint density at radius 3 is 2.34 bits per heavy atom. The molecule has 1 heterocycles. The molecule has 2 aliphatic rings. The molecule has 0 bridgehead atoms. The number of rotatable bonds is 0. The fourth-order valence-corrected chi connectivity index (χ4v) is 5.15. The zero-order valence-corrected chi connectivity index (χ0v) is 17.0. The van der Waals surface area contributed by atoms with E-state index in [4.69, 9.17) is 4.74 Å². The summed E-state index contributed by atoms with van der Waals surface area (Å²) in [5.74, 6) is 0. The number of benzene rings is 3. The summed E-state index contributed by atoms with van der Waals surface area (Å²) in [6.07, 6.45) is 5.84. The van der Waals surface area contributed by atoms with Gasteiger partial charge in [0.1, 0.15) is 0 Å². The maximum atomic E-state index is 6.40. The number of para-hydroxylation sites is 1. The van der Waals surface area contributed by atoms with Crippen molar-refractivity contribution in [3.63, 3.8) is 0 Å². The maximum Gasteiger partial charge on any atom is 0.0607 e.